The summed E-state index contributed by atoms with van der Waals surface area (Å²) in [5.74, 6) is -5.26. The second kappa shape index (κ2) is 7.37. The number of aromatic nitrogens is 2. The average molecular weight is 420 g/mol. The van der Waals surface area contributed by atoms with Crippen molar-refractivity contribution in [3.8, 4) is 0 Å². The minimum Gasteiger partial charge on any atom is -0.374 e. The Hall–Kier alpha value is -1.98. The molecular formula is C18H18F6N4O. The molecule has 5 nitrogen and oxygen atoms in total. The fourth-order valence-corrected chi connectivity index (χ4v) is 4.07. The van der Waals surface area contributed by atoms with E-state index in [9.17, 15) is 26.3 Å². The Labute approximate surface area is 162 Å². The molecule has 1 aromatic heterocycles. The number of hydrogen-bond donors (Lipinski definition) is 1. The Morgan fingerprint density at radius 1 is 1.17 bits per heavy atom. The Bertz CT molecular complexity index is 870. The van der Waals surface area contributed by atoms with Crippen molar-refractivity contribution in [3.63, 3.8) is 0 Å². The SMILES string of the molecule is NC1CC(N2Cc3cnc(C(F)(F)F)nc3C2)CO[C@@H]1C1CC(F)=C(F)C=C1F. The first-order chi connectivity index (χ1) is 13.6. The summed E-state index contributed by atoms with van der Waals surface area (Å²) >= 11 is 0. The first kappa shape index (κ1) is 20.3. The van der Waals surface area contributed by atoms with Crippen LogP contribution in [0.15, 0.2) is 29.8 Å². The lowest BCUT2D eigenvalue weighted by Crippen LogP contribution is -2.53. The van der Waals surface area contributed by atoms with Crippen LogP contribution in [0.4, 0.5) is 26.3 Å². The third kappa shape index (κ3) is 3.90. The van der Waals surface area contributed by atoms with E-state index in [4.69, 9.17) is 10.5 Å². The van der Waals surface area contributed by atoms with E-state index in [1.165, 1.54) is 6.20 Å². The molecule has 0 spiro atoms. The van der Waals surface area contributed by atoms with Crippen LogP contribution in [0.2, 0.25) is 0 Å². The Kier molecular flexibility index (Phi) is 5.16. The third-order valence-corrected chi connectivity index (χ3v) is 5.57. The van der Waals surface area contributed by atoms with E-state index in [1.807, 2.05) is 4.90 Å². The molecule has 2 aliphatic heterocycles. The van der Waals surface area contributed by atoms with Crippen LogP contribution in [-0.4, -0.2) is 39.7 Å². The standard InChI is InChI=1S/C18H18F6N4O/c19-11-3-13(21)12(20)2-10(11)16-14(25)1-9(7-29-16)28-5-8-4-26-17(18(22,23)24)27-15(8)6-28/h3-4,9-10,14,16H,1-2,5-7,25H2/t9?,10?,14?,16-/m1/s1. The van der Waals surface area contributed by atoms with E-state index >= 15 is 0 Å². The quantitative estimate of drug-likeness (QED) is 0.744. The van der Waals surface area contributed by atoms with Crippen molar-refractivity contribution in [3.05, 3.63) is 46.8 Å². The average Bonchev–Trinajstić information content (AvgIpc) is 3.07. The zero-order chi connectivity index (χ0) is 20.9. The molecule has 11 heteroatoms. The van der Waals surface area contributed by atoms with Gasteiger partial charge in [-0.15, -0.1) is 0 Å². The van der Waals surface area contributed by atoms with Gasteiger partial charge in [-0.2, -0.15) is 13.2 Å². The van der Waals surface area contributed by atoms with E-state index in [0.717, 1.165) is 0 Å². The number of nitrogens with zero attached hydrogens (tertiary/aromatic N) is 3. The fourth-order valence-electron chi connectivity index (χ4n) is 4.07. The maximum absolute atomic E-state index is 14.1. The summed E-state index contributed by atoms with van der Waals surface area (Å²) in [7, 11) is 0. The molecule has 0 aromatic carbocycles. The molecule has 0 saturated carbocycles. The lowest BCUT2D eigenvalue weighted by Gasteiger charge is -2.41. The molecule has 1 aliphatic carbocycles. The van der Waals surface area contributed by atoms with E-state index in [1.54, 1.807) is 0 Å². The van der Waals surface area contributed by atoms with Crippen LogP contribution in [0.1, 0.15) is 29.9 Å². The molecular weight excluding hydrogens is 402 g/mol. The zero-order valence-corrected chi connectivity index (χ0v) is 15.1. The van der Waals surface area contributed by atoms with Crippen LogP contribution in [0.5, 0.6) is 0 Å². The predicted octanol–water partition coefficient (Wildman–Crippen LogP) is 3.32. The molecule has 0 bridgehead atoms. The largest absolute Gasteiger partial charge is 0.451 e. The number of fused-ring (bicyclic) bond motifs is 1. The molecule has 4 rings (SSSR count). The molecule has 3 aliphatic rings. The second-order valence-electron chi connectivity index (χ2n) is 7.51. The summed E-state index contributed by atoms with van der Waals surface area (Å²) < 4.78 is 85.0. The maximum atomic E-state index is 14.1. The van der Waals surface area contributed by atoms with Gasteiger partial charge in [-0.3, -0.25) is 4.90 Å². The Morgan fingerprint density at radius 3 is 2.62 bits per heavy atom. The topological polar surface area (TPSA) is 64.3 Å². The monoisotopic (exact) mass is 420 g/mol. The van der Waals surface area contributed by atoms with E-state index in [0.29, 0.717) is 30.3 Å². The molecule has 4 atom stereocenters. The lowest BCUT2D eigenvalue weighted by atomic mass is 9.84. The Balaban J connectivity index is 1.41. The number of alkyl halides is 3. The molecule has 1 aromatic rings. The molecule has 3 unspecified atom stereocenters. The highest BCUT2D eigenvalue weighted by atomic mass is 19.4. The van der Waals surface area contributed by atoms with Crippen molar-refractivity contribution >= 4 is 0 Å². The van der Waals surface area contributed by atoms with Gasteiger partial charge in [0.1, 0.15) is 11.7 Å². The molecule has 2 N–H and O–H groups in total. The van der Waals surface area contributed by atoms with E-state index in [2.05, 4.69) is 9.97 Å². The normalized spacial score (nSPS) is 31.1. The van der Waals surface area contributed by atoms with Crippen molar-refractivity contribution < 1.29 is 31.1 Å². The van der Waals surface area contributed by atoms with Gasteiger partial charge in [-0.05, 0) is 6.42 Å². The minimum absolute atomic E-state index is 0.142. The molecule has 3 heterocycles. The molecule has 1 saturated heterocycles. The van der Waals surface area contributed by atoms with Crippen LogP contribution in [0, 0.1) is 5.92 Å². The van der Waals surface area contributed by atoms with Crippen molar-refractivity contribution in [1.29, 1.82) is 0 Å². The highest BCUT2D eigenvalue weighted by Gasteiger charge is 2.42. The number of allylic oxidation sites excluding steroid dienone is 3. The number of nitrogens with two attached hydrogens (primary N) is 1. The van der Waals surface area contributed by atoms with Gasteiger partial charge in [0, 0.05) is 55.3 Å². The van der Waals surface area contributed by atoms with Crippen molar-refractivity contribution in [2.24, 2.45) is 11.7 Å². The molecule has 29 heavy (non-hydrogen) atoms. The highest BCUT2D eigenvalue weighted by Crippen LogP contribution is 2.38. The first-order valence-corrected chi connectivity index (χ1v) is 9.08. The van der Waals surface area contributed by atoms with Crippen LogP contribution < -0.4 is 5.73 Å². The number of halogens is 6. The Morgan fingerprint density at radius 2 is 1.93 bits per heavy atom. The predicted molar refractivity (Wildman–Crippen MR) is 88.9 cm³/mol. The lowest BCUT2D eigenvalue weighted by molar-refractivity contribution is -0.145. The summed E-state index contributed by atoms with van der Waals surface area (Å²) in [6.07, 6.45) is -3.84. The van der Waals surface area contributed by atoms with Crippen LogP contribution in [0.25, 0.3) is 0 Å². The van der Waals surface area contributed by atoms with Crippen molar-refractivity contribution in [1.82, 2.24) is 14.9 Å². The van der Waals surface area contributed by atoms with Crippen molar-refractivity contribution in [2.45, 2.75) is 50.3 Å². The fraction of sp³-hybridized carbons (Fsp3) is 0.556. The van der Waals surface area contributed by atoms with E-state index in [-0.39, 0.29) is 19.2 Å². The number of hydrogen-bond acceptors (Lipinski definition) is 5. The number of ether oxygens (including phenoxy) is 1. The summed E-state index contributed by atoms with van der Waals surface area (Å²) in [6, 6.07) is -0.870. The molecule has 1 fully saturated rings. The summed E-state index contributed by atoms with van der Waals surface area (Å²) in [5.41, 5.74) is 7.04. The molecule has 0 amide bonds. The van der Waals surface area contributed by atoms with Crippen LogP contribution in [-0.2, 0) is 24.0 Å². The summed E-state index contributed by atoms with van der Waals surface area (Å²) in [4.78, 5) is 8.86. The summed E-state index contributed by atoms with van der Waals surface area (Å²) in [5, 5.41) is 0. The van der Waals surface area contributed by atoms with Gasteiger partial charge in [-0.25, -0.2) is 23.1 Å². The van der Waals surface area contributed by atoms with Crippen molar-refractivity contribution in [2.75, 3.05) is 6.61 Å². The maximum Gasteiger partial charge on any atom is 0.451 e. The highest BCUT2D eigenvalue weighted by molar-refractivity contribution is 5.27. The van der Waals surface area contributed by atoms with Crippen LogP contribution in [0.3, 0.4) is 0 Å². The second-order valence-corrected chi connectivity index (χ2v) is 7.51. The van der Waals surface area contributed by atoms with Gasteiger partial charge >= 0.3 is 6.18 Å². The van der Waals surface area contributed by atoms with Gasteiger partial charge in [0.05, 0.1) is 18.4 Å². The van der Waals surface area contributed by atoms with E-state index < -0.39 is 54.0 Å². The molecule has 158 valence electrons. The van der Waals surface area contributed by atoms with Gasteiger partial charge < -0.3 is 10.5 Å². The van der Waals surface area contributed by atoms with Gasteiger partial charge in [-0.1, -0.05) is 0 Å². The van der Waals surface area contributed by atoms with Gasteiger partial charge in [0.15, 0.2) is 5.83 Å². The van der Waals surface area contributed by atoms with Gasteiger partial charge in [0.25, 0.3) is 0 Å². The third-order valence-electron chi connectivity index (χ3n) is 5.57. The first-order valence-electron chi connectivity index (χ1n) is 9.08. The summed E-state index contributed by atoms with van der Waals surface area (Å²) in [6.45, 7) is 0.676. The number of rotatable bonds is 2. The molecule has 0 radical (unpaired) electrons. The zero-order valence-electron chi connectivity index (χ0n) is 15.1. The van der Waals surface area contributed by atoms with Crippen LogP contribution >= 0.6 is 0 Å². The smallest absolute Gasteiger partial charge is 0.374 e. The minimum atomic E-state index is -4.62. The van der Waals surface area contributed by atoms with Gasteiger partial charge in [0.2, 0.25) is 5.82 Å².